The third kappa shape index (κ3) is 3.60. The van der Waals surface area contributed by atoms with Gasteiger partial charge in [0.2, 0.25) is 0 Å². The summed E-state index contributed by atoms with van der Waals surface area (Å²) < 4.78 is 0. The van der Waals surface area contributed by atoms with Crippen LogP contribution in [0.5, 0.6) is 0 Å². The van der Waals surface area contributed by atoms with Gasteiger partial charge in [-0.3, -0.25) is 14.9 Å². The lowest BCUT2D eigenvalue weighted by molar-refractivity contribution is -0.384. The average molecular weight is 283 g/mol. The zero-order chi connectivity index (χ0) is 14.4. The highest BCUT2D eigenvalue weighted by atomic mass is 32.2. The maximum Gasteiger partial charge on any atom is 0.293 e. The van der Waals surface area contributed by atoms with Gasteiger partial charge in [-0.15, -0.1) is 0 Å². The molecule has 1 aromatic rings. The second kappa shape index (κ2) is 6.98. The molecule has 1 aromatic carbocycles. The van der Waals surface area contributed by atoms with Crippen molar-refractivity contribution in [3.05, 3.63) is 33.9 Å². The molecule has 1 rings (SSSR count). The van der Waals surface area contributed by atoms with Crippen LogP contribution in [0, 0.1) is 10.1 Å². The molecule has 1 N–H and O–H groups in total. The van der Waals surface area contributed by atoms with E-state index >= 15 is 0 Å². The molecule has 0 spiro atoms. The Morgan fingerprint density at radius 2 is 2.21 bits per heavy atom. The van der Waals surface area contributed by atoms with E-state index < -0.39 is 4.92 Å². The fourth-order valence-corrected chi connectivity index (χ4v) is 2.13. The van der Waals surface area contributed by atoms with Gasteiger partial charge in [-0.1, -0.05) is 6.07 Å². The first-order chi connectivity index (χ1) is 9.02. The minimum Gasteiger partial charge on any atom is -0.382 e. The van der Waals surface area contributed by atoms with E-state index in [2.05, 4.69) is 5.32 Å². The van der Waals surface area contributed by atoms with Crippen LogP contribution in [0.1, 0.15) is 10.4 Å². The van der Waals surface area contributed by atoms with Crippen LogP contribution in [0.4, 0.5) is 11.4 Å². The lowest BCUT2D eigenvalue weighted by Gasteiger charge is -2.18. The van der Waals surface area contributed by atoms with E-state index in [0.29, 0.717) is 12.1 Å². The predicted molar refractivity (Wildman–Crippen MR) is 78.0 cm³/mol. The predicted octanol–water partition coefficient (Wildman–Crippen LogP) is 2.07. The summed E-state index contributed by atoms with van der Waals surface area (Å²) in [6.45, 7) is 0.603. The summed E-state index contributed by atoms with van der Waals surface area (Å²) >= 11 is 1.64. The number of nitro groups is 1. The number of nitrogens with one attached hydrogen (secondary N) is 1. The molecule has 0 atom stereocenters. The first-order valence-corrected chi connectivity index (χ1v) is 7.11. The lowest BCUT2D eigenvalue weighted by atomic mass is 10.1. The maximum atomic E-state index is 12.3. The van der Waals surface area contributed by atoms with Crippen LogP contribution in [0.15, 0.2) is 18.2 Å². The SMILES string of the molecule is CNc1c(C(=O)N(C)CCSC)cccc1[N+](=O)[O-]. The summed E-state index contributed by atoms with van der Waals surface area (Å²) in [5.41, 5.74) is 0.487. The molecule has 0 heterocycles. The van der Waals surface area contributed by atoms with Crippen LogP contribution < -0.4 is 5.32 Å². The van der Waals surface area contributed by atoms with E-state index in [1.54, 1.807) is 36.8 Å². The van der Waals surface area contributed by atoms with E-state index in [1.165, 1.54) is 12.1 Å². The van der Waals surface area contributed by atoms with Gasteiger partial charge >= 0.3 is 0 Å². The van der Waals surface area contributed by atoms with Gasteiger partial charge in [-0.2, -0.15) is 11.8 Å². The number of para-hydroxylation sites is 1. The van der Waals surface area contributed by atoms with E-state index in [1.807, 2.05) is 6.26 Å². The molecule has 0 aliphatic heterocycles. The van der Waals surface area contributed by atoms with E-state index in [-0.39, 0.29) is 17.3 Å². The number of carbonyl (C=O) groups excluding carboxylic acids is 1. The fraction of sp³-hybridized carbons (Fsp3) is 0.417. The molecule has 0 saturated carbocycles. The molecular formula is C12H17N3O3S. The molecular weight excluding hydrogens is 266 g/mol. The summed E-state index contributed by atoms with van der Waals surface area (Å²) in [6.07, 6.45) is 1.96. The second-order valence-corrected chi connectivity index (χ2v) is 4.91. The van der Waals surface area contributed by atoms with Crippen molar-refractivity contribution in [1.29, 1.82) is 0 Å². The van der Waals surface area contributed by atoms with Gasteiger partial charge in [0.1, 0.15) is 5.69 Å². The van der Waals surface area contributed by atoms with Gasteiger partial charge in [0.05, 0.1) is 10.5 Å². The van der Waals surface area contributed by atoms with Crippen LogP contribution in [-0.4, -0.2) is 48.4 Å². The quantitative estimate of drug-likeness (QED) is 0.639. The Hall–Kier alpha value is -1.76. The Balaban J connectivity index is 3.09. The van der Waals surface area contributed by atoms with Crippen LogP contribution in [0.25, 0.3) is 0 Å². The van der Waals surface area contributed by atoms with Crippen molar-refractivity contribution in [3.63, 3.8) is 0 Å². The van der Waals surface area contributed by atoms with Gasteiger partial charge < -0.3 is 10.2 Å². The standard InChI is InChI=1S/C12H17N3O3S/c1-13-11-9(5-4-6-10(11)15(17)18)12(16)14(2)7-8-19-3/h4-6,13H,7-8H2,1-3H3. The Bertz CT molecular complexity index is 479. The molecule has 0 unspecified atom stereocenters. The van der Waals surface area contributed by atoms with Gasteiger partial charge in [-0.05, 0) is 12.3 Å². The molecule has 0 aliphatic rings. The minimum atomic E-state index is -0.496. The summed E-state index contributed by atoms with van der Waals surface area (Å²) in [5, 5.41) is 13.7. The summed E-state index contributed by atoms with van der Waals surface area (Å²) in [4.78, 5) is 24.3. The highest BCUT2D eigenvalue weighted by Crippen LogP contribution is 2.28. The molecule has 7 heteroatoms. The molecule has 104 valence electrons. The first-order valence-electron chi connectivity index (χ1n) is 5.72. The smallest absolute Gasteiger partial charge is 0.293 e. The highest BCUT2D eigenvalue weighted by Gasteiger charge is 2.22. The first kappa shape index (κ1) is 15.3. The third-order valence-corrected chi connectivity index (χ3v) is 3.29. The van der Waals surface area contributed by atoms with Crippen molar-refractivity contribution in [2.24, 2.45) is 0 Å². The highest BCUT2D eigenvalue weighted by molar-refractivity contribution is 7.98. The summed E-state index contributed by atoms with van der Waals surface area (Å²) in [6, 6.07) is 4.50. The summed E-state index contributed by atoms with van der Waals surface area (Å²) in [7, 11) is 3.26. The third-order valence-electron chi connectivity index (χ3n) is 2.70. The summed E-state index contributed by atoms with van der Waals surface area (Å²) in [5.74, 6) is 0.605. The maximum absolute atomic E-state index is 12.3. The number of carbonyl (C=O) groups is 1. The number of anilines is 1. The monoisotopic (exact) mass is 283 g/mol. The number of hydrogen-bond acceptors (Lipinski definition) is 5. The Labute approximate surface area is 116 Å². The van der Waals surface area contributed by atoms with Crippen LogP contribution >= 0.6 is 11.8 Å². The van der Waals surface area contributed by atoms with Crippen LogP contribution in [-0.2, 0) is 0 Å². The molecule has 6 nitrogen and oxygen atoms in total. The number of thioether (sulfide) groups is 1. The average Bonchev–Trinajstić information content (AvgIpc) is 2.42. The fourth-order valence-electron chi connectivity index (χ4n) is 1.67. The topological polar surface area (TPSA) is 75.5 Å². The second-order valence-electron chi connectivity index (χ2n) is 3.93. The molecule has 0 radical (unpaired) electrons. The molecule has 0 aliphatic carbocycles. The molecule has 19 heavy (non-hydrogen) atoms. The molecule has 0 fully saturated rings. The molecule has 0 aromatic heterocycles. The number of rotatable bonds is 6. The van der Waals surface area contributed by atoms with Gasteiger partial charge in [0, 0.05) is 32.5 Å². The molecule has 0 bridgehead atoms. The van der Waals surface area contributed by atoms with E-state index in [4.69, 9.17) is 0 Å². The minimum absolute atomic E-state index is 0.0911. The molecule has 1 amide bonds. The van der Waals surface area contributed by atoms with Gasteiger partial charge in [-0.25, -0.2) is 0 Å². The zero-order valence-electron chi connectivity index (χ0n) is 11.2. The Morgan fingerprint density at radius 3 is 2.74 bits per heavy atom. The van der Waals surface area contributed by atoms with Gasteiger partial charge in [0.25, 0.3) is 11.6 Å². The van der Waals surface area contributed by atoms with Gasteiger partial charge in [0.15, 0.2) is 0 Å². The Kier molecular flexibility index (Phi) is 5.62. The van der Waals surface area contributed by atoms with E-state index in [9.17, 15) is 14.9 Å². The number of hydrogen-bond donors (Lipinski definition) is 1. The van der Waals surface area contributed by atoms with Crippen molar-refractivity contribution in [2.45, 2.75) is 0 Å². The van der Waals surface area contributed by atoms with Crippen LogP contribution in [0.3, 0.4) is 0 Å². The van der Waals surface area contributed by atoms with Crippen molar-refractivity contribution < 1.29 is 9.72 Å². The number of benzene rings is 1. The molecule has 0 saturated heterocycles. The zero-order valence-corrected chi connectivity index (χ0v) is 12.0. The largest absolute Gasteiger partial charge is 0.382 e. The number of nitro benzene ring substituents is 1. The van der Waals surface area contributed by atoms with Crippen molar-refractivity contribution in [1.82, 2.24) is 4.90 Å². The lowest BCUT2D eigenvalue weighted by Crippen LogP contribution is -2.29. The normalized spacial score (nSPS) is 10.1. The van der Waals surface area contributed by atoms with Crippen molar-refractivity contribution >= 4 is 29.0 Å². The Morgan fingerprint density at radius 1 is 1.53 bits per heavy atom. The number of amides is 1. The van der Waals surface area contributed by atoms with Crippen molar-refractivity contribution in [3.8, 4) is 0 Å². The number of nitrogens with zero attached hydrogens (tertiary/aromatic N) is 2. The van der Waals surface area contributed by atoms with Crippen LogP contribution in [0.2, 0.25) is 0 Å². The van der Waals surface area contributed by atoms with E-state index in [0.717, 1.165) is 5.75 Å². The van der Waals surface area contributed by atoms with Crippen molar-refractivity contribution in [2.75, 3.05) is 38.0 Å².